The third-order valence-corrected chi connectivity index (χ3v) is 5.79. The molecule has 2 amide bonds. The molecule has 1 aliphatic carbocycles. The SMILES string of the molecule is CC1CCCCC1NC(=NCCc1ccco1)NC1CCN(C(N)=O)CC1.I. The number of halogens is 1. The number of aliphatic imine (C=N–C) groups is 1. The van der Waals surface area contributed by atoms with Crippen molar-refractivity contribution in [1.29, 1.82) is 0 Å². The van der Waals surface area contributed by atoms with Crippen molar-refractivity contribution in [3.63, 3.8) is 0 Å². The van der Waals surface area contributed by atoms with Crippen LogP contribution in [0.15, 0.2) is 27.8 Å². The summed E-state index contributed by atoms with van der Waals surface area (Å²) in [6.45, 7) is 4.41. The molecule has 1 saturated heterocycles. The van der Waals surface area contributed by atoms with Crippen LogP contribution in [0.1, 0.15) is 51.2 Å². The lowest BCUT2D eigenvalue weighted by Gasteiger charge is -2.35. The van der Waals surface area contributed by atoms with Gasteiger partial charge in [-0.15, -0.1) is 24.0 Å². The Hall–Kier alpha value is -1.45. The van der Waals surface area contributed by atoms with E-state index in [2.05, 4.69) is 17.6 Å². The molecule has 7 nitrogen and oxygen atoms in total. The lowest BCUT2D eigenvalue weighted by molar-refractivity contribution is 0.188. The Morgan fingerprint density at radius 1 is 1.25 bits per heavy atom. The number of likely N-dealkylation sites (tertiary alicyclic amines) is 1. The molecule has 2 aliphatic rings. The number of guanidine groups is 1. The smallest absolute Gasteiger partial charge is 0.314 e. The lowest BCUT2D eigenvalue weighted by atomic mass is 9.86. The van der Waals surface area contributed by atoms with E-state index >= 15 is 0 Å². The molecule has 2 atom stereocenters. The molecule has 158 valence electrons. The molecule has 1 aromatic heterocycles. The van der Waals surface area contributed by atoms with Crippen LogP contribution in [-0.4, -0.2) is 48.6 Å². The van der Waals surface area contributed by atoms with E-state index < -0.39 is 0 Å². The summed E-state index contributed by atoms with van der Waals surface area (Å²) >= 11 is 0. The van der Waals surface area contributed by atoms with Crippen LogP contribution in [0.3, 0.4) is 0 Å². The van der Waals surface area contributed by atoms with Crippen LogP contribution in [0.25, 0.3) is 0 Å². The second-order valence-electron chi connectivity index (χ2n) is 7.82. The maximum absolute atomic E-state index is 11.3. The number of nitrogens with one attached hydrogen (secondary N) is 2. The van der Waals surface area contributed by atoms with Gasteiger partial charge in [0.1, 0.15) is 5.76 Å². The first-order chi connectivity index (χ1) is 13.1. The number of amides is 2. The van der Waals surface area contributed by atoms with E-state index in [-0.39, 0.29) is 30.0 Å². The molecule has 4 N–H and O–H groups in total. The number of piperidine rings is 1. The summed E-state index contributed by atoms with van der Waals surface area (Å²) in [6, 6.07) is 4.36. The van der Waals surface area contributed by atoms with Gasteiger partial charge in [-0.05, 0) is 43.7 Å². The fourth-order valence-corrected chi connectivity index (χ4v) is 4.01. The zero-order chi connectivity index (χ0) is 19.1. The van der Waals surface area contributed by atoms with Crippen LogP contribution in [0.5, 0.6) is 0 Å². The van der Waals surface area contributed by atoms with Crippen LogP contribution in [0, 0.1) is 5.92 Å². The van der Waals surface area contributed by atoms with Gasteiger partial charge in [0.2, 0.25) is 0 Å². The van der Waals surface area contributed by atoms with Gasteiger partial charge in [0.05, 0.1) is 6.26 Å². The average Bonchev–Trinajstić information content (AvgIpc) is 3.17. The topological polar surface area (TPSA) is 95.9 Å². The number of carbonyl (C=O) groups excluding carboxylic acids is 1. The van der Waals surface area contributed by atoms with Gasteiger partial charge in [0.15, 0.2) is 5.96 Å². The van der Waals surface area contributed by atoms with Crippen molar-refractivity contribution in [2.45, 2.75) is 64.0 Å². The van der Waals surface area contributed by atoms with Gasteiger partial charge in [0.25, 0.3) is 0 Å². The molecule has 0 radical (unpaired) electrons. The van der Waals surface area contributed by atoms with Crippen molar-refractivity contribution in [3.05, 3.63) is 24.2 Å². The summed E-state index contributed by atoms with van der Waals surface area (Å²) < 4.78 is 5.41. The number of urea groups is 1. The molecule has 1 aliphatic heterocycles. The summed E-state index contributed by atoms with van der Waals surface area (Å²) in [5.41, 5.74) is 5.39. The molecular formula is C20H34IN5O2. The molecule has 1 aromatic rings. The summed E-state index contributed by atoms with van der Waals surface area (Å²) in [6.07, 6.45) is 9.34. The maximum Gasteiger partial charge on any atom is 0.314 e. The lowest BCUT2D eigenvalue weighted by Crippen LogP contribution is -2.53. The number of furan rings is 1. The monoisotopic (exact) mass is 503 g/mol. The molecule has 1 saturated carbocycles. The van der Waals surface area contributed by atoms with Gasteiger partial charge in [-0.25, -0.2) is 4.79 Å². The van der Waals surface area contributed by atoms with Crippen molar-refractivity contribution in [2.75, 3.05) is 19.6 Å². The largest absolute Gasteiger partial charge is 0.469 e. The van der Waals surface area contributed by atoms with Gasteiger partial charge in [-0.3, -0.25) is 4.99 Å². The third kappa shape index (κ3) is 6.86. The Morgan fingerprint density at radius 2 is 2.00 bits per heavy atom. The van der Waals surface area contributed by atoms with Crippen molar-refractivity contribution >= 4 is 36.0 Å². The quantitative estimate of drug-likeness (QED) is 0.327. The molecule has 2 unspecified atom stereocenters. The highest BCUT2D eigenvalue weighted by atomic mass is 127. The Morgan fingerprint density at radius 3 is 2.64 bits per heavy atom. The highest BCUT2D eigenvalue weighted by molar-refractivity contribution is 14.0. The molecule has 3 rings (SSSR count). The minimum atomic E-state index is -0.324. The second-order valence-corrected chi connectivity index (χ2v) is 7.82. The first-order valence-corrected chi connectivity index (χ1v) is 10.3. The van der Waals surface area contributed by atoms with Crippen LogP contribution >= 0.6 is 24.0 Å². The van der Waals surface area contributed by atoms with Gasteiger partial charge in [0, 0.05) is 38.1 Å². The number of hydrogen-bond acceptors (Lipinski definition) is 3. The van der Waals surface area contributed by atoms with Crippen LogP contribution in [0.4, 0.5) is 4.79 Å². The fraction of sp³-hybridized carbons (Fsp3) is 0.700. The maximum atomic E-state index is 11.3. The van der Waals surface area contributed by atoms with Crippen molar-refractivity contribution in [2.24, 2.45) is 16.6 Å². The van der Waals surface area contributed by atoms with Crippen LogP contribution in [0.2, 0.25) is 0 Å². The zero-order valence-corrected chi connectivity index (χ0v) is 19.1. The van der Waals surface area contributed by atoms with Crippen LogP contribution < -0.4 is 16.4 Å². The Labute approximate surface area is 184 Å². The second kappa shape index (κ2) is 11.5. The van der Waals surface area contributed by atoms with Gasteiger partial charge in [-0.2, -0.15) is 0 Å². The van der Waals surface area contributed by atoms with E-state index in [1.807, 2.05) is 12.1 Å². The standard InChI is InChI=1S/C20H33N5O2.HI/c1-15-5-2-3-7-18(15)24-20(22-11-8-17-6-4-14-27-17)23-16-9-12-25(13-10-16)19(21)26;/h4,6,14-16,18H,2-3,5,7-13H2,1H3,(H2,21,26)(H2,22,23,24);1H. The summed E-state index contributed by atoms with van der Waals surface area (Å²) in [4.78, 5) is 17.8. The summed E-state index contributed by atoms with van der Waals surface area (Å²) in [5, 5.41) is 7.26. The first-order valence-electron chi connectivity index (χ1n) is 10.3. The zero-order valence-electron chi connectivity index (χ0n) is 16.7. The minimum absolute atomic E-state index is 0. The van der Waals surface area contributed by atoms with E-state index in [4.69, 9.17) is 15.1 Å². The summed E-state index contributed by atoms with van der Waals surface area (Å²) in [5.74, 6) is 2.50. The van der Waals surface area contributed by atoms with E-state index in [9.17, 15) is 4.79 Å². The number of nitrogens with two attached hydrogens (primary N) is 1. The number of carbonyl (C=O) groups is 1. The molecule has 0 aromatic carbocycles. The molecule has 8 heteroatoms. The van der Waals surface area contributed by atoms with E-state index in [1.54, 1.807) is 11.2 Å². The Kier molecular flexibility index (Phi) is 9.40. The van der Waals surface area contributed by atoms with E-state index in [0.717, 1.165) is 31.0 Å². The first kappa shape index (κ1) is 22.8. The number of rotatable bonds is 5. The van der Waals surface area contributed by atoms with Crippen molar-refractivity contribution < 1.29 is 9.21 Å². The predicted molar refractivity (Wildman–Crippen MR) is 122 cm³/mol. The van der Waals surface area contributed by atoms with E-state index in [0.29, 0.717) is 37.6 Å². The number of hydrogen-bond donors (Lipinski definition) is 3. The molecular weight excluding hydrogens is 469 g/mol. The van der Waals surface area contributed by atoms with E-state index in [1.165, 1.54) is 25.7 Å². The molecule has 2 fully saturated rings. The van der Waals surface area contributed by atoms with Crippen LogP contribution in [-0.2, 0) is 6.42 Å². The van der Waals surface area contributed by atoms with Crippen molar-refractivity contribution in [1.82, 2.24) is 15.5 Å². The Balaban J connectivity index is 0.00000280. The predicted octanol–water partition coefficient (Wildman–Crippen LogP) is 3.10. The molecule has 28 heavy (non-hydrogen) atoms. The molecule has 0 spiro atoms. The Bertz CT molecular complexity index is 614. The third-order valence-electron chi connectivity index (χ3n) is 5.79. The van der Waals surface area contributed by atoms with Gasteiger partial charge < -0.3 is 25.7 Å². The fourth-order valence-electron chi connectivity index (χ4n) is 4.01. The normalized spacial score (nSPS) is 23.8. The minimum Gasteiger partial charge on any atom is -0.469 e. The molecule has 0 bridgehead atoms. The molecule has 2 heterocycles. The highest BCUT2D eigenvalue weighted by Crippen LogP contribution is 2.23. The highest BCUT2D eigenvalue weighted by Gasteiger charge is 2.25. The van der Waals surface area contributed by atoms with Gasteiger partial charge in [-0.1, -0.05) is 19.8 Å². The average molecular weight is 503 g/mol. The van der Waals surface area contributed by atoms with Crippen molar-refractivity contribution in [3.8, 4) is 0 Å². The number of nitrogens with zero attached hydrogens (tertiary/aromatic N) is 2. The number of primary amides is 1. The summed E-state index contributed by atoms with van der Waals surface area (Å²) in [7, 11) is 0. The van der Waals surface area contributed by atoms with Gasteiger partial charge >= 0.3 is 6.03 Å².